The molecule has 0 aliphatic rings. The highest BCUT2D eigenvalue weighted by molar-refractivity contribution is 5.90. The Hall–Kier alpha value is -2.18. The molecular formula is C13H20N6O. The van der Waals surface area contributed by atoms with Crippen LogP contribution in [-0.2, 0) is 7.05 Å². The van der Waals surface area contributed by atoms with Gasteiger partial charge in [0.2, 0.25) is 5.82 Å². The maximum Gasteiger partial charge on any atom is 0.291 e. The molecule has 0 aliphatic carbocycles. The molecule has 108 valence electrons. The molecule has 0 fully saturated rings. The van der Waals surface area contributed by atoms with Gasteiger partial charge in [0, 0.05) is 24.2 Å². The molecule has 0 aliphatic heterocycles. The van der Waals surface area contributed by atoms with E-state index in [9.17, 15) is 4.79 Å². The third kappa shape index (κ3) is 2.71. The number of nitrogens with one attached hydrogen (secondary N) is 2. The summed E-state index contributed by atoms with van der Waals surface area (Å²) in [5.74, 6) is 0.799. The first kappa shape index (κ1) is 14.2. The molecule has 0 aromatic carbocycles. The van der Waals surface area contributed by atoms with E-state index in [0.717, 1.165) is 11.3 Å². The molecule has 0 radical (unpaired) electrons. The van der Waals surface area contributed by atoms with Crippen molar-refractivity contribution in [1.29, 1.82) is 0 Å². The van der Waals surface area contributed by atoms with Crippen molar-refractivity contribution in [3.63, 3.8) is 0 Å². The molecule has 2 N–H and O–H groups in total. The number of aromatic amines is 1. The van der Waals surface area contributed by atoms with Gasteiger partial charge in [-0.05, 0) is 13.8 Å². The van der Waals surface area contributed by atoms with Crippen molar-refractivity contribution in [2.24, 2.45) is 7.05 Å². The number of nitrogens with zero attached hydrogens (tertiary/aromatic N) is 4. The lowest BCUT2D eigenvalue weighted by Crippen LogP contribution is -2.28. The van der Waals surface area contributed by atoms with Gasteiger partial charge in [-0.25, -0.2) is 4.98 Å². The number of aryl methyl sites for hydroxylation is 1. The molecule has 20 heavy (non-hydrogen) atoms. The largest absolute Gasteiger partial charge is 0.343 e. The predicted molar refractivity (Wildman–Crippen MR) is 74.3 cm³/mol. The molecule has 1 unspecified atom stereocenters. The number of carbonyl (C=O) groups is 1. The van der Waals surface area contributed by atoms with E-state index in [4.69, 9.17) is 0 Å². The van der Waals surface area contributed by atoms with Crippen LogP contribution in [0.25, 0.3) is 0 Å². The lowest BCUT2D eigenvalue weighted by molar-refractivity contribution is 0.0929. The summed E-state index contributed by atoms with van der Waals surface area (Å²) in [5, 5.41) is 13.8. The SMILES string of the molecule is Cc1c(C(C)NC(=O)c2n[nH]c(C(C)C)n2)cnn1C. The Bertz CT molecular complexity index is 612. The van der Waals surface area contributed by atoms with Crippen molar-refractivity contribution in [3.8, 4) is 0 Å². The van der Waals surface area contributed by atoms with Gasteiger partial charge in [-0.1, -0.05) is 13.8 Å². The molecule has 1 amide bonds. The van der Waals surface area contributed by atoms with E-state index in [2.05, 4.69) is 25.6 Å². The molecule has 7 heteroatoms. The van der Waals surface area contributed by atoms with Gasteiger partial charge in [0.15, 0.2) is 0 Å². The topological polar surface area (TPSA) is 88.5 Å². The van der Waals surface area contributed by atoms with E-state index < -0.39 is 0 Å². The van der Waals surface area contributed by atoms with E-state index in [1.54, 1.807) is 10.9 Å². The second-order valence-corrected chi connectivity index (χ2v) is 5.20. The Morgan fingerprint density at radius 2 is 2.10 bits per heavy atom. The third-order valence-corrected chi connectivity index (χ3v) is 3.34. The van der Waals surface area contributed by atoms with Gasteiger partial charge in [0.25, 0.3) is 5.91 Å². The van der Waals surface area contributed by atoms with Crippen LogP contribution in [0.15, 0.2) is 6.20 Å². The summed E-state index contributed by atoms with van der Waals surface area (Å²) in [4.78, 5) is 16.3. The van der Waals surface area contributed by atoms with Gasteiger partial charge in [0.05, 0.1) is 12.2 Å². The zero-order valence-electron chi connectivity index (χ0n) is 12.4. The highest BCUT2D eigenvalue weighted by atomic mass is 16.2. The van der Waals surface area contributed by atoms with Crippen molar-refractivity contribution in [3.05, 3.63) is 29.1 Å². The van der Waals surface area contributed by atoms with Crippen molar-refractivity contribution in [1.82, 2.24) is 30.3 Å². The first-order valence-electron chi connectivity index (χ1n) is 6.61. The Balaban J connectivity index is 2.09. The number of amides is 1. The van der Waals surface area contributed by atoms with Crippen LogP contribution in [0.1, 0.15) is 60.4 Å². The summed E-state index contributed by atoms with van der Waals surface area (Å²) in [6, 6.07) is -0.141. The number of H-pyrrole nitrogens is 1. The van der Waals surface area contributed by atoms with Crippen LogP contribution in [0.4, 0.5) is 0 Å². The second kappa shape index (κ2) is 5.44. The minimum absolute atomic E-state index is 0.141. The molecular weight excluding hydrogens is 256 g/mol. The van der Waals surface area contributed by atoms with Gasteiger partial charge in [-0.3, -0.25) is 14.6 Å². The van der Waals surface area contributed by atoms with Crippen LogP contribution < -0.4 is 5.32 Å². The van der Waals surface area contributed by atoms with Crippen LogP contribution in [0.5, 0.6) is 0 Å². The average Bonchev–Trinajstić information content (AvgIpc) is 2.98. The number of hydrogen-bond acceptors (Lipinski definition) is 4. The molecule has 7 nitrogen and oxygen atoms in total. The van der Waals surface area contributed by atoms with Gasteiger partial charge in [-0.2, -0.15) is 5.10 Å². The van der Waals surface area contributed by atoms with Gasteiger partial charge in [-0.15, -0.1) is 5.10 Å². The van der Waals surface area contributed by atoms with E-state index in [0.29, 0.717) is 5.82 Å². The number of rotatable bonds is 4. The molecule has 0 bridgehead atoms. The van der Waals surface area contributed by atoms with Crippen LogP contribution in [0.3, 0.4) is 0 Å². The third-order valence-electron chi connectivity index (χ3n) is 3.34. The molecule has 1 atom stereocenters. The molecule has 2 aromatic rings. The standard InChI is InChI=1S/C13H20N6O/c1-7(2)11-16-12(18-17-11)13(20)15-8(3)10-6-14-19(5)9(10)4/h6-8H,1-5H3,(H,15,20)(H,16,17,18). The van der Waals surface area contributed by atoms with Crippen molar-refractivity contribution < 1.29 is 4.79 Å². The first-order valence-corrected chi connectivity index (χ1v) is 6.61. The van der Waals surface area contributed by atoms with Crippen LogP contribution in [0.2, 0.25) is 0 Å². The molecule has 0 spiro atoms. The molecule has 0 saturated heterocycles. The fourth-order valence-electron chi connectivity index (χ4n) is 1.91. The minimum atomic E-state index is -0.288. The van der Waals surface area contributed by atoms with Gasteiger partial charge >= 0.3 is 0 Å². The molecule has 0 saturated carbocycles. The van der Waals surface area contributed by atoms with E-state index in [1.807, 2.05) is 34.7 Å². The van der Waals surface area contributed by atoms with Crippen LogP contribution >= 0.6 is 0 Å². The highest BCUT2D eigenvalue weighted by Gasteiger charge is 2.19. The van der Waals surface area contributed by atoms with Gasteiger partial charge < -0.3 is 5.32 Å². The minimum Gasteiger partial charge on any atom is -0.343 e. The van der Waals surface area contributed by atoms with E-state index >= 15 is 0 Å². The number of hydrogen-bond donors (Lipinski definition) is 2. The van der Waals surface area contributed by atoms with Crippen molar-refractivity contribution >= 4 is 5.91 Å². The number of aromatic nitrogens is 5. The van der Waals surface area contributed by atoms with E-state index in [-0.39, 0.29) is 23.7 Å². The summed E-state index contributed by atoms with van der Waals surface area (Å²) in [6.07, 6.45) is 1.76. The Kier molecular flexibility index (Phi) is 3.87. The predicted octanol–water partition coefficient (Wildman–Crippen LogP) is 1.46. The molecule has 2 rings (SSSR count). The summed E-state index contributed by atoms with van der Waals surface area (Å²) >= 11 is 0. The highest BCUT2D eigenvalue weighted by Crippen LogP contribution is 2.16. The van der Waals surface area contributed by atoms with Crippen molar-refractivity contribution in [2.75, 3.05) is 0 Å². The van der Waals surface area contributed by atoms with Crippen LogP contribution in [-0.4, -0.2) is 30.9 Å². The summed E-state index contributed by atoms with van der Waals surface area (Å²) in [6.45, 7) is 7.86. The quantitative estimate of drug-likeness (QED) is 0.884. The summed E-state index contributed by atoms with van der Waals surface area (Å²) in [5.41, 5.74) is 2.01. The van der Waals surface area contributed by atoms with E-state index in [1.165, 1.54) is 0 Å². The fourth-order valence-corrected chi connectivity index (χ4v) is 1.91. The van der Waals surface area contributed by atoms with Crippen LogP contribution in [0, 0.1) is 6.92 Å². The summed E-state index contributed by atoms with van der Waals surface area (Å²) < 4.78 is 1.78. The number of carbonyl (C=O) groups excluding carboxylic acids is 1. The Morgan fingerprint density at radius 3 is 2.60 bits per heavy atom. The summed E-state index contributed by atoms with van der Waals surface area (Å²) in [7, 11) is 1.87. The maximum absolute atomic E-state index is 12.1. The Labute approximate surface area is 117 Å². The van der Waals surface area contributed by atoms with Crippen molar-refractivity contribution in [2.45, 2.75) is 39.7 Å². The lowest BCUT2D eigenvalue weighted by Gasteiger charge is -2.12. The monoisotopic (exact) mass is 276 g/mol. The average molecular weight is 276 g/mol. The fraction of sp³-hybridized carbons (Fsp3) is 0.538. The smallest absolute Gasteiger partial charge is 0.291 e. The zero-order chi connectivity index (χ0) is 14.9. The molecule has 2 heterocycles. The normalized spacial score (nSPS) is 12.7. The lowest BCUT2D eigenvalue weighted by atomic mass is 10.1. The van der Waals surface area contributed by atoms with Gasteiger partial charge in [0.1, 0.15) is 5.82 Å². The zero-order valence-corrected chi connectivity index (χ0v) is 12.4. The second-order valence-electron chi connectivity index (χ2n) is 5.20. The Morgan fingerprint density at radius 1 is 1.40 bits per heavy atom. The molecule has 2 aromatic heterocycles. The maximum atomic E-state index is 12.1. The first-order chi connectivity index (χ1) is 9.40.